The van der Waals surface area contributed by atoms with Gasteiger partial charge in [0.2, 0.25) is 5.91 Å². The van der Waals surface area contributed by atoms with Crippen LogP contribution < -0.4 is 5.32 Å². The minimum absolute atomic E-state index is 0.116. The molecule has 0 aliphatic rings. The summed E-state index contributed by atoms with van der Waals surface area (Å²) >= 11 is 1.03. The molecule has 1 rings (SSSR count). The summed E-state index contributed by atoms with van der Waals surface area (Å²) in [7, 11) is 1.55. The summed E-state index contributed by atoms with van der Waals surface area (Å²) in [6.07, 6.45) is 2.23. The highest BCUT2D eigenvalue weighted by molar-refractivity contribution is 8.01. The van der Waals surface area contributed by atoms with E-state index in [-0.39, 0.29) is 12.3 Å². The maximum absolute atomic E-state index is 12.3. The third-order valence-corrected chi connectivity index (χ3v) is 5.27. The van der Waals surface area contributed by atoms with Crippen molar-refractivity contribution in [3.05, 3.63) is 48.7 Å². The van der Waals surface area contributed by atoms with Crippen LogP contribution in [0.1, 0.15) is 18.9 Å². The number of rotatable bonds is 12. The average Bonchev–Trinajstić information content (AvgIpc) is 2.61. The van der Waals surface area contributed by atoms with Crippen molar-refractivity contribution in [2.24, 2.45) is 0 Å². The molecule has 0 bridgehead atoms. The number of carboxylic acid groups (broad SMARTS) is 1. The number of hydroxylamine groups is 2. The van der Waals surface area contributed by atoms with Crippen LogP contribution in [-0.2, 0) is 25.6 Å². The molecule has 142 valence electrons. The Morgan fingerprint density at radius 1 is 1.38 bits per heavy atom. The van der Waals surface area contributed by atoms with Crippen molar-refractivity contribution in [2.75, 3.05) is 7.05 Å². The molecule has 0 radical (unpaired) electrons. The summed E-state index contributed by atoms with van der Waals surface area (Å²) in [4.78, 5) is 40.4. The Morgan fingerprint density at radius 2 is 2.04 bits per heavy atom. The van der Waals surface area contributed by atoms with E-state index in [1.165, 1.54) is 11.3 Å². The summed E-state index contributed by atoms with van der Waals surface area (Å²) in [5, 5.41) is 11.8. The lowest BCUT2D eigenvalue weighted by molar-refractivity contribution is -0.136. The molecule has 3 atom stereocenters. The van der Waals surface area contributed by atoms with E-state index in [1.807, 2.05) is 30.3 Å². The molecule has 0 aromatic heterocycles. The molecule has 26 heavy (non-hydrogen) atoms. The van der Waals surface area contributed by atoms with Crippen LogP contribution in [0.25, 0.3) is 0 Å². The Bertz CT molecular complexity index is 611. The molecule has 1 amide bonds. The lowest BCUT2D eigenvalue weighted by Gasteiger charge is -2.31. The van der Waals surface area contributed by atoms with Gasteiger partial charge in [-0.1, -0.05) is 43.8 Å². The topological polar surface area (TPSA) is 95.9 Å². The minimum Gasteiger partial charge on any atom is -0.480 e. The second-order valence-electron chi connectivity index (χ2n) is 5.47. The number of nitrogens with zero attached hydrogens (tertiary/aromatic N) is 1. The smallest absolute Gasteiger partial charge is 0.316 e. The predicted molar refractivity (Wildman–Crippen MR) is 100 cm³/mol. The first-order chi connectivity index (χ1) is 12.4. The first-order valence-electron chi connectivity index (χ1n) is 8.10. The largest absolute Gasteiger partial charge is 0.480 e. The van der Waals surface area contributed by atoms with Crippen LogP contribution in [-0.4, -0.2) is 52.0 Å². The lowest BCUT2D eigenvalue weighted by Crippen LogP contribution is -2.51. The van der Waals surface area contributed by atoms with Crippen molar-refractivity contribution >= 4 is 29.9 Å². The van der Waals surface area contributed by atoms with Crippen LogP contribution >= 0.6 is 11.8 Å². The number of amides is 1. The maximum Gasteiger partial charge on any atom is 0.316 e. The molecule has 8 heteroatoms. The quantitative estimate of drug-likeness (QED) is 0.247. The van der Waals surface area contributed by atoms with Gasteiger partial charge in [-0.2, -0.15) is 0 Å². The summed E-state index contributed by atoms with van der Waals surface area (Å²) in [6, 6.07) is 8.17. The second-order valence-corrected chi connectivity index (χ2v) is 6.80. The molecule has 0 heterocycles. The number of carboxylic acids is 1. The molecule has 0 fully saturated rings. The molecule has 0 saturated carbocycles. The van der Waals surface area contributed by atoms with Gasteiger partial charge in [0.25, 0.3) is 0 Å². The van der Waals surface area contributed by atoms with Gasteiger partial charge in [-0.3, -0.25) is 9.59 Å². The van der Waals surface area contributed by atoms with Crippen LogP contribution in [0, 0.1) is 0 Å². The van der Waals surface area contributed by atoms with Crippen molar-refractivity contribution in [1.82, 2.24) is 10.4 Å². The fourth-order valence-corrected chi connectivity index (χ4v) is 3.43. The van der Waals surface area contributed by atoms with E-state index in [2.05, 4.69) is 11.9 Å². The van der Waals surface area contributed by atoms with Gasteiger partial charge in [0.15, 0.2) is 0 Å². The normalized spacial score (nSPS) is 14.1. The molecule has 0 aliphatic carbocycles. The average molecular weight is 380 g/mol. The van der Waals surface area contributed by atoms with Gasteiger partial charge in [-0.15, -0.1) is 16.8 Å². The number of thioether (sulfide) groups is 1. The van der Waals surface area contributed by atoms with Crippen LogP contribution in [0.2, 0.25) is 0 Å². The molecule has 1 aromatic rings. The highest BCUT2D eigenvalue weighted by Crippen LogP contribution is 2.26. The zero-order valence-electron chi connectivity index (χ0n) is 14.8. The van der Waals surface area contributed by atoms with Gasteiger partial charge in [0, 0.05) is 7.05 Å². The Hall–Kier alpha value is -2.32. The Kier molecular flexibility index (Phi) is 9.46. The van der Waals surface area contributed by atoms with E-state index in [0.717, 1.165) is 17.3 Å². The zero-order valence-corrected chi connectivity index (χ0v) is 15.6. The molecule has 0 aliphatic heterocycles. The van der Waals surface area contributed by atoms with Crippen molar-refractivity contribution in [2.45, 2.75) is 36.4 Å². The molecule has 0 spiro atoms. The fourth-order valence-electron chi connectivity index (χ4n) is 2.26. The molecule has 2 unspecified atom stereocenters. The van der Waals surface area contributed by atoms with Crippen molar-refractivity contribution in [3.8, 4) is 0 Å². The highest BCUT2D eigenvalue weighted by Gasteiger charge is 2.33. The molecular formula is C18H24N2O5S. The SMILES string of the molecule is C=CON(C)C(S[C@@H](CC)C(=O)O)C(C=O)NC(=O)Cc1ccccc1. The van der Waals surface area contributed by atoms with E-state index < -0.39 is 22.6 Å². The van der Waals surface area contributed by atoms with Gasteiger partial charge in [-0.05, 0) is 12.0 Å². The summed E-state index contributed by atoms with van der Waals surface area (Å²) < 4.78 is 0. The number of carbonyl (C=O) groups excluding carboxylic acids is 2. The summed E-state index contributed by atoms with van der Waals surface area (Å²) in [6.45, 7) is 5.19. The number of carbonyl (C=O) groups is 3. The van der Waals surface area contributed by atoms with E-state index in [0.29, 0.717) is 12.7 Å². The predicted octanol–water partition coefficient (Wildman–Crippen LogP) is 1.84. The maximum atomic E-state index is 12.3. The molecular weight excluding hydrogens is 356 g/mol. The molecule has 7 nitrogen and oxygen atoms in total. The number of aliphatic carboxylic acids is 1. The van der Waals surface area contributed by atoms with E-state index in [9.17, 15) is 19.5 Å². The molecule has 0 saturated heterocycles. The monoisotopic (exact) mass is 380 g/mol. The first-order valence-corrected chi connectivity index (χ1v) is 9.04. The highest BCUT2D eigenvalue weighted by atomic mass is 32.2. The fraction of sp³-hybridized carbons (Fsp3) is 0.389. The zero-order chi connectivity index (χ0) is 19.5. The van der Waals surface area contributed by atoms with Gasteiger partial charge < -0.3 is 20.1 Å². The number of nitrogens with one attached hydrogen (secondary N) is 1. The number of likely N-dealkylation sites (N-methyl/N-ethyl adjacent to an activating group) is 1. The Balaban J connectivity index is 2.88. The van der Waals surface area contributed by atoms with E-state index >= 15 is 0 Å². The lowest BCUT2D eigenvalue weighted by atomic mass is 10.1. The minimum atomic E-state index is -0.991. The van der Waals surface area contributed by atoms with Crippen LogP contribution in [0.3, 0.4) is 0 Å². The molecule has 1 aromatic carbocycles. The number of aldehydes is 1. The van der Waals surface area contributed by atoms with Crippen molar-refractivity contribution in [1.29, 1.82) is 0 Å². The van der Waals surface area contributed by atoms with Gasteiger partial charge in [0.1, 0.15) is 29.2 Å². The molecule has 2 N–H and O–H groups in total. The van der Waals surface area contributed by atoms with Gasteiger partial charge >= 0.3 is 5.97 Å². The third kappa shape index (κ3) is 6.89. The second kappa shape index (κ2) is 11.3. The summed E-state index contributed by atoms with van der Waals surface area (Å²) in [5.74, 6) is -1.33. The first kappa shape index (κ1) is 21.7. The van der Waals surface area contributed by atoms with Crippen molar-refractivity contribution < 1.29 is 24.3 Å². The summed E-state index contributed by atoms with van der Waals surface area (Å²) in [5.41, 5.74) is 0.812. The van der Waals surface area contributed by atoms with E-state index in [4.69, 9.17) is 4.84 Å². The van der Waals surface area contributed by atoms with Gasteiger partial charge in [0.05, 0.1) is 6.42 Å². The number of hydrogen-bond donors (Lipinski definition) is 2. The van der Waals surface area contributed by atoms with Crippen molar-refractivity contribution in [3.63, 3.8) is 0 Å². The number of hydrogen-bond acceptors (Lipinski definition) is 6. The van der Waals surface area contributed by atoms with Crippen LogP contribution in [0.15, 0.2) is 43.2 Å². The van der Waals surface area contributed by atoms with Crippen LogP contribution in [0.4, 0.5) is 0 Å². The van der Waals surface area contributed by atoms with Crippen LogP contribution in [0.5, 0.6) is 0 Å². The standard InChI is InChI=1S/C18H24N2O5S/c1-4-15(18(23)24)26-17(20(3)25-5-2)14(12-21)19-16(22)11-13-9-7-6-8-10-13/h5-10,12,14-15,17H,2,4,11H2,1,3H3,(H,19,22)(H,23,24)/t14?,15-,17?/m0/s1. The number of benzene rings is 1. The Labute approximate surface area is 157 Å². The Morgan fingerprint density at radius 3 is 2.54 bits per heavy atom. The van der Waals surface area contributed by atoms with E-state index in [1.54, 1.807) is 14.0 Å². The van der Waals surface area contributed by atoms with Gasteiger partial charge in [-0.25, -0.2) is 0 Å². The third-order valence-electron chi connectivity index (χ3n) is 3.54.